The Kier molecular flexibility index (Phi) is 17.3. The van der Waals surface area contributed by atoms with E-state index in [1.165, 1.54) is 0 Å². The van der Waals surface area contributed by atoms with Gasteiger partial charge in [-0.25, -0.2) is 0 Å². The molecule has 1 N–H and O–H groups in total. The number of rotatable bonds is 1. The molecule has 0 aromatic rings. The van der Waals surface area contributed by atoms with Gasteiger partial charge >= 0.3 is 66.2 Å². The van der Waals surface area contributed by atoms with Crippen LogP contribution in [-0.4, -0.2) is 58.5 Å². The van der Waals surface area contributed by atoms with Crippen LogP contribution in [0.15, 0.2) is 0 Å². The molecule has 0 aliphatic heterocycles. The minimum absolute atomic E-state index is 0. The fourth-order valence-corrected chi connectivity index (χ4v) is 0. The third-order valence-electron chi connectivity index (χ3n) is 0.0430. The van der Waals surface area contributed by atoms with Gasteiger partial charge < -0.3 is 2.85 Å². The molecule has 3 nitrogen and oxygen atoms in total. The van der Waals surface area contributed by atoms with Crippen LogP contribution in [0.1, 0.15) is 2.85 Å². The van der Waals surface area contributed by atoms with Gasteiger partial charge in [-0.05, 0) is 0 Å². The maximum absolute atomic E-state index is 8.91. The molecular formula is H3AlCaO3. The molecule has 5 heavy (non-hydrogen) atoms. The zero-order valence-corrected chi connectivity index (χ0v) is 5.91. The van der Waals surface area contributed by atoms with Gasteiger partial charge in [-0.3, -0.25) is 0 Å². The van der Waals surface area contributed by atoms with Gasteiger partial charge in [0.1, 0.15) is 0 Å². The van der Waals surface area contributed by atoms with Gasteiger partial charge in [0.15, 0.2) is 0 Å². The van der Waals surface area contributed by atoms with Crippen LogP contribution in [0.3, 0.4) is 0 Å². The van der Waals surface area contributed by atoms with Crippen molar-refractivity contribution >= 4 is 53.2 Å². The van der Waals surface area contributed by atoms with E-state index in [4.69, 9.17) is 9.06 Å². The standard InChI is InChI=1S/Al.Ca.H2O2.O.2H/c;;1-2;;;/h;;1-2H;;;/q+1;+2;;;2*-1/p-1. The van der Waals surface area contributed by atoms with Crippen LogP contribution in [0, 0.1) is 0 Å². The van der Waals surface area contributed by atoms with E-state index < -0.39 is 15.5 Å². The Morgan fingerprint density at radius 1 is 2.00 bits per heavy atom. The van der Waals surface area contributed by atoms with E-state index in [0.29, 0.717) is 0 Å². The summed E-state index contributed by atoms with van der Waals surface area (Å²) < 4.78 is 12.0. The third kappa shape index (κ3) is 10.9. The summed E-state index contributed by atoms with van der Waals surface area (Å²) in [6.45, 7) is 0. The first-order valence-electron chi connectivity index (χ1n) is 0.654. The van der Waals surface area contributed by atoms with Crippen molar-refractivity contribution in [2.24, 2.45) is 0 Å². The van der Waals surface area contributed by atoms with E-state index in [1.807, 2.05) is 0 Å². The van der Waals surface area contributed by atoms with E-state index in [1.54, 1.807) is 0 Å². The molecule has 0 spiro atoms. The predicted molar refractivity (Wildman–Crippen MR) is 18.1 cm³/mol. The molecule has 0 atom stereocenters. The Morgan fingerprint density at radius 3 is 2.20 bits per heavy atom. The Balaban J connectivity index is -0.0000000150. The first-order chi connectivity index (χ1) is 1.91. The zero-order valence-electron chi connectivity index (χ0n) is 4.55. The topological polar surface area (TPSA) is 46.5 Å². The third-order valence-corrected chi connectivity index (χ3v) is 0.129. The second kappa shape index (κ2) is 9.02. The van der Waals surface area contributed by atoms with Crippen LogP contribution in [0.25, 0.3) is 0 Å². The van der Waals surface area contributed by atoms with Gasteiger partial charge in [-0.1, -0.05) is 0 Å². The molecule has 0 aliphatic carbocycles. The van der Waals surface area contributed by atoms with Crippen molar-refractivity contribution in [2.45, 2.75) is 0 Å². The molecule has 26 valence electrons. The Morgan fingerprint density at radius 2 is 2.20 bits per heavy atom. The SMILES string of the molecule is [Ca+2].[H-].[H-].[O]=[Al][O]O. The minimum atomic E-state index is -1.41. The molecule has 5 heteroatoms. The van der Waals surface area contributed by atoms with E-state index in [9.17, 15) is 0 Å². The van der Waals surface area contributed by atoms with Crippen molar-refractivity contribution in [3.8, 4) is 0 Å². The second-order valence-corrected chi connectivity index (χ2v) is 0.605. The number of hydrogen-bond acceptors (Lipinski definition) is 3. The quantitative estimate of drug-likeness (QED) is 0.281. The summed E-state index contributed by atoms with van der Waals surface area (Å²) in [7, 11) is 0. The molecule has 0 fully saturated rings. The predicted octanol–water partition coefficient (Wildman–Crippen LogP) is -0.715. The zero-order chi connectivity index (χ0) is 3.41. The molecule has 0 heterocycles. The summed E-state index contributed by atoms with van der Waals surface area (Å²) in [6.07, 6.45) is 0. The van der Waals surface area contributed by atoms with E-state index >= 15 is 0 Å². The van der Waals surface area contributed by atoms with Crippen LogP contribution in [0.4, 0.5) is 0 Å². The molecule has 0 radical (unpaired) electrons. The van der Waals surface area contributed by atoms with Gasteiger partial charge in [-0.2, -0.15) is 0 Å². The first-order valence-corrected chi connectivity index (χ1v) is 1.60. The van der Waals surface area contributed by atoms with Crippen molar-refractivity contribution in [3.63, 3.8) is 0 Å². The van der Waals surface area contributed by atoms with Crippen molar-refractivity contribution in [1.29, 1.82) is 0 Å². The number of hydrogen-bond donors (Lipinski definition) is 1. The Labute approximate surface area is 68.5 Å². The summed E-state index contributed by atoms with van der Waals surface area (Å²) >= 11 is -1.41. The molecule has 0 bridgehead atoms. The molecule has 0 saturated heterocycles. The summed E-state index contributed by atoms with van der Waals surface area (Å²) in [4.78, 5) is 0. The normalized spacial score (nSPS) is 3.40. The van der Waals surface area contributed by atoms with Crippen LogP contribution in [-0.2, 0) is 7.74 Å². The summed E-state index contributed by atoms with van der Waals surface area (Å²) in [5.41, 5.74) is 0. The van der Waals surface area contributed by atoms with Crippen molar-refractivity contribution in [1.82, 2.24) is 0 Å². The molecule has 0 aromatic heterocycles. The van der Waals surface area contributed by atoms with Gasteiger partial charge in [0.2, 0.25) is 0 Å². The molecule has 0 aliphatic rings. The Bertz CT molecular complexity index is 26.9. The maximum atomic E-state index is 8.91. The van der Waals surface area contributed by atoms with Crippen molar-refractivity contribution < 1.29 is 15.9 Å². The van der Waals surface area contributed by atoms with E-state index in [0.717, 1.165) is 0 Å². The van der Waals surface area contributed by atoms with Crippen LogP contribution in [0.5, 0.6) is 0 Å². The molecule has 0 aromatic carbocycles. The Hall–Kier alpha value is 1.35. The van der Waals surface area contributed by atoms with Crippen LogP contribution >= 0.6 is 0 Å². The summed E-state index contributed by atoms with van der Waals surface area (Å²) in [6, 6.07) is 0. The van der Waals surface area contributed by atoms with Gasteiger partial charge in [-0.15, -0.1) is 0 Å². The van der Waals surface area contributed by atoms with E-state index in [2.05, 4.69) is 3.94 Å². The van der Waals surface area contributed by atoms with Gasteiger partial charge in [0.25, 0.3) is 0 Å². The first kappa shape index (κ1) is 9.61. The van der Waals surface area contributed by atoms with Crippen LogP contribution in [0.2, 0.25) is 0 Å². The average molecular weight is 118 g/mol. The second-order valence-electron chi connectivity index (χ2n) is 0.202. The van der Waals surface area contributed by atoms with Crippen molar-refractivity contribution in [2.75, 3.05) is 0 Å². The monoisotopic (exact) mass is 118 g/mol. The van der Waals surface area contributed by atoms with Crippen LogP contribution < -0.4 is 0 Å². The van der Waals surface area contributed by atoms with Crippen molar-refractivity contribution in [3.05, 3.63) is 0 Å². The molecular weight excluding hydrogens is 115 g/mol. The molecule has 0 saturated carbocycles. The van der Waals surface area contributed by atoms with Gasteiger partial charge in [0, 0.05) is 0 Å². The summed E-state index contributed by atoms with van der Waals surface area (Å²) in [5, 5.41) is 7.10. The fourth-order valence-electron chi connectivity index (χ4n) is 0. The molecule has 0 unspecified atom stereocenters. The average Bonchev–Trinajstić information content (AvgIpc) is 1.37. The fraction of sp³-hybridized carbons (Fsp3) is 0. The molecule has 0 amide bonds. The van der Waals surface area contributed by atoms with E-state index in [-0.39, 0.29) is 40.6 Å². The molecule has 0 rings (SSSR count). The van der Waals surface area contributed by atoms with Gasteiger partial charge in [0.05, 0.1) is 0 Å². The summed E-state index contributed by atoms with van der Waals surface area (Å²) in [5.74, 6) is 0.